The predicted octanol–water partition coefficient (Wildman–Crippen LogP) is 3.40. The van der Waals surface area contributed by atoms with Crippen LogP contribution in [0.15, 0.2) is 16.9 Å². The van der Waals surface area contributed by atoms with Crippen molar-refractivity contribution in [3.63, 3.8) is 0 Å². The Kier molecular flexibility index (Phi) is 5.96. The molecule has 2 aromatic rings. The Balaban J connectivity index is 1.52. The number of hydrogen-bond donors (Lipinski definition) is 2. The number of carbonyl (C=O) groups is 1. The van der Waals surface area contributed by atoms with Gasteiger partial charge in [-0.2, -0.15) is 11.8 Å². The second-order valence-electron chi connectivity index (χ2n) is 7.44. The molecular formula is C20H24FN3O3S. The SMILES string of the molecule is O=C1CCC(Nc2cc(F)c3c(=O)[nH]c(CSC4CCOCC4)nc3c2)CC1. The number of benzene rings is 1. The minimum atomic E-state index is -0.579. The van der Waals surface area contributed by atoms with E-state index in [4.69, 9.17) is 4.74 Å². The molecule has 1 aromatic carbocycles. The van der Waals surface area contributed by atoms with E-state index in [2.05, 4.69) is 15.3 Å². The van der Waals surface area contributed by atoms with E-state index in [1.165, 1.54) is 6.07 Å². The molecule has 1 aliphatic heterocycles. The first-order valence-electron chi connectivity index (χ1n) is 9.78. The number of aromatic nitrogens is 2. The van der Waals surface area contributed by atoms with Gasteiger partial charge in [0.25, 0.3) is 5.56 Å². The molecule has 8 heteroatoms. The van der Waals surface area contributed by atoms with Crippen LogP contribution in [0, 0.1) is 5.82 Å². The standard InChI is InChI=1S/C20H24FN3O3S/c21-16-9-13(22-12-1-3-14(25)4-2-12)10-17-19(16)20(26)24-18(23-17)11-28-15-5-7-27-8-6-15/h9-10,12,15,22H,1-8,11H2,(H,23,24,26). The lowest BCUT2D eigenvalue weighted by Gasteiger charge is -2.23. The molecule has 2 fully saturated rings. The fourth-order valence-corrected chi connectivity index (χ4v) is 4.84. The third kappa shape index (κ3) is 4.55. The number of halogens is 1. The Morgan fingerprint density at radius 2 is 1.93 bits per heavy atom. The minimum absolute atomic E-state index is 0.0100. The molecule has 2 aliphatic rings. The average Bonchev–Trinajstić information content (AvgIpc) is 2.68. The number of aromatic amines is 1. The largest absolute Gasteiger partial charge is 0.382 e. The maximum atomic E-state index is 14.6. The Hall–Kier alpha value is -1.93. The van der Waals surface area contributed by atoms with E-state index < -0.39 is 11.4 Å². The molecule has 0 amide bonds. The van der Waals surface area contributed by atoms with Gasteiger partial charge in [-0.25, -0.2) is 9.37 Å². The van der Waals surface area contributed by atoms with Crippen molar-refractivity contribution in [3.8, 4) is 0 Å². The number of H-pyrrole nitrogens is 1. The van der Waals surface area contributed by atoms with E-state index in [0.717, 1.165) is 38.9 Å². The molecule has 0 bridgehead atoms. The highest BCUT2D eigenvalue weighted by molar-refractivity contribution is 7.99. The summed E-state index contributed by atoms with van der Waals surface area (Å²) in [6.07, 6.45) is 4.59. The maximum absolute atomic E-state index is 14.6. The molecule has 2 heterocycles. The Morgan fingerprint density at radius 3 is 2.68 bits per heavy atom. The summed E-state index contributed by atoms with van der Waals surface area (Å²) in [7, 11) is 0. The second-order valence-corrected chi connectivity index (χ2v) is 8.73. The van der Waals surface area contributed by atoms with Crippen molar-refractivity contribution < 1.29 is 13.9 Å². The maximum Gasteiger partial charge on any atom is 0.261 e. The van der Waals surface area contributed by atoms with E-state index in [1.807, 2.05) is 0 Å². The zero-order valence-corrected chi connectivity index (χ0v) is 16.4. The smallest absolute Gasteiger partial charge is 0.261 e. The number of ether oxygens (including phenoxy) is 1. The number of nitrogens with one attached hydrogen (secondary N) is 2. The summed E-state index contributed by atoms with van der Waals surface area (Å²) in [5.74, 6) is 0.848. The molecule has 1 saturated heterocycles. The van der Waals surface area contributed by atoms with Crippen molar-refractivity contribution in [1.29, 1.82) is 0 Å². The number of ketones is 1. The summed E-state index contributed by atoms with van der Waals surface area (Å²) in [5.41, 5.74) is 0.520. The number of Topliss-reactive ketones (excluding diaryl/α,β-unsaturated/α-hetero) is 1. The number of nitrogens with zero attached hydrogens (tertiary/aromatic N) is 1. The number of rotatable bonds is 5. The summed E-state index contributed by atoms with van der Waals surface area (Å²) in [6.45, 7) is 1.54. The normalized spacial score (nSPS) is 19.2. The van der Waals surface area contributed by atoms with Crippen LogP contribution in [0.4, 0.5) is 10.1 Å². The minimum Gasteiger partial charge on any atom is -0.382 e. The van der Waals surface area contributed by atoms with Gasteiger partial charge in [0.15, 0.2) is 0 Å². The third-order valence-electron chi connectivity index (χ3n) is 5.35. The summed E-state index contributed by atoms with van der Waals surface area (Å²) in [6, 6.07) is 3.21. The fraction of sp³-hybridized carbons (Fsp3) is 0.550. The Bertz CT molecular complexity index is 917. The van der Waals surface area contributed by atoms with Crippen LogP contribution < -0.4 is 10.9 Å². The van der Waals surface area contributed by atoms with Gasteiger partial charge in [0.2, 0.25) is 0 Å². The van der Waals surface area contributed by atoms with Gasteiger partial charge in [-0.05, 0) is 37.8 Å². The average molecular weight is 405 g/mol. The summed E-state index contributed by atoms with van der Waals surface area (Å²) in [4.78, 5) is 31.0. The zero-order valence-electron chi connectivity index (χ0n) is 15.6. The predicted molar refractivity (Wildman–Crippen MR) is 108 cm³/mol. The fourth-order valence-electron chi connectivity index (χ4n) is 3.78. The number of hydrogen-bond acceptors (Lipinski definition) is 6. The van der Waals surface area contributed by atoms with Crippen molar-refractivity contribution in [2.75, 3.05) is 18.5 Å². The van der Waals surface area contributed by atoms with Gasteiger partial charge < -0.3 is 15.0 Å². The van der Waals surface area contributed by atoms with Crippen LogP contribution in [0.2, 0.25) is 0 Å². The van der Waals surface area contributed by atoms with Crippen LogP contribution in [0.25, 0.3) is 10.9 Å². The Morgan fingerprint density at radius 1 is 1.18 bits per heavy atom. The van der Waals surface area contributed by atoms with Crippen LogP contribution >= 0.6 is 11.8 Å². The van der Waals surface area contributed by atoms with Crippen molar-refractivity contribution in [3.05, 3.63) is 34.1 Å². The molecule has 28 heavy (non-hydrogen) atoms. The molecule has 1 aliphatic carbocycles. The quantitative estimate of drug-likeness (QED) is 0.793. The van der Waals surface area contributed by atoms with Gasteiger partial charge >= 0.3 is 0 Å². The van der Waals surface area contributed by atoms with E-state index >= 15 is 0 Å². The monoisotopic (exact) mass is 405 g/mol. The first-order chi connectivity index (χ1) is 13.6. The Labute approximate surface area is 166 Å². The molecule has 0 radical (unpaired) electrons. The highest BCUT2D eigenvalue weighted by Gasteiger charge is 2.20. The molecule has 4 rings (SSSR count). The van der Waals surface area contributed by atoms with Gasteiger partial charge in [0.1, 0.15) is 22.8 Å². The number of anilines is 1. The first-order valence-corrected chi connectivity index (χ1v) is 10.8. The van der Waals surface area contributed by atoms with Gasteiger partial charge in [0, 0.05) is 43.0 Å². The van der Waals surface area contributed by atoms with Gasteiger partial charge in [-0.3, -0.25) is 9.59 Å². The highest BCUT2D eigenvalue weighted by atomic mass is 32.2. The number of carbonyl (C=O) groups excluding carboxylic acids is 1. The lowest BCUT2D eigenvalue weighted by molar-refractivity contribution is -0.120. The summed E-state index contributed by atoms with van der Waals surface area (Å²) in [5, 5.41) is 3.78. The third-order valence-corrected chi connectivity index (χ3v) is 6.73. The molecular weight excluding hydrogens is 381 g/mol. The van der Waals surface area contributed by atoms with Crippen molar-refractivity contribution in [2.24, 2.45) is 0 Å². The number of fused-ring (bicyclic) bond motifs is 1. The number of thioether (sulfide) groups is 1. The highest BCUT2D eigenvalue weighted by Crippen LogP contribution is 2.26. The zero-order chi connectivity index (χ0) is 19.5. The molecule has 0 atom stereocenters. The first kappa shape index (κ1) is 19.4. The van der Waals surface area contributed by atoms with Crippen LogP contribution in [0.3, 0.4) is 0 Å². The lowest BCUT2D eigenvalue weighted by Crippen LogP contribution is -2.26. The van der Waals surface area contributed by atoms with E-state index in [-0.39, 0.29) is 17.2 Å². The molecule has 2 N–H and O–H groups in total. The van der Waals surface area contributed by atoms with Gasteiger partial charge in [0.05, 0.1) is 11.3 Å². The van der Waals surface area contributed by atoms with Crippen LogP contribution in [-0.4, -0.2) is 40.3 Å². The molecule has 6 nitrogen and oxygen atoms in total. The summed E-state index contributed by atoms with van der Waals surface area (Å²) < 4.78 is 19.9. The molecule has 150 valence electrons. The van der Waals surface area contributed by atoms with E-state index in [1.54, 1.807) is 17.8 Å². The van der Waals surface area contributed by atoms with Crippen LogP contribution in [0.1, 0.15) is 44.3 Å². The van der Waals surface area contributed by atoms with Crippen molar-refractivity contribution in [1.82, 2.24) is 9.97 Å². The van der Waals surface area contributed by atoms with Crippen LogP contribution in [0.5, 0.6) is 0 Å². The molecule has 0 spiro atoms. The van der Waals surface area contributed by atoms with Crippen molar-refractivity contribution in [2.45, 2.75) is 55.6 Å². The van der Waals surface area contributed by atoms with Crippen molar-refractivity contribution >= 4 is 34.1 Å². The molecule has 1 aromatic heterocycles. The lowest BCUT2D eigenvalue weighted by atomic mass is 9.94. The second kappa shape index (κ2) is 8.61. The molecule has 0 unspecified atom stereocenters. The van der Waals surface area contributed by atoms with E-state index in [9.17, 15) is 14.0 Å². The van der Waals surface area contributed by atoms with Crippen LogP contribution in [-0.2, 0) is 15.3 Å². The summed E-state index contributed by atoms with van der Waals surface area (Å²) >= 11 is 1.75. The molecule has 1 saturated carbocycles. The van der Waals surface area contributed by atoms with E-state index in [0.29, 0.717) is 40.9 Å². The topological polar surface area (TPSA) is 84.1 Å². The van der Waals surface area contributed by atoms with Gasteiger partial charge in [-0.1, -0.05) is 0 Å². The van der Waals surface area contributed by atoms with Gasteiger partial charge in [-0.15, -0.1) is 0 Å².